The van der Waals surface area contributed by atoms with Crippen molar-refractivity contribution in [3.63, 3.8) is 0 Å². The fourth-order valence-electron chi connectivity index (χ4n) is 0.476. The highest BCUT2D eigenvalue weighted by Gasteiger charge is 1.95. The lowest BCUT2D eigenvalue weighted by atomic mass is 10.5. The van der Waals surface area contributed by atoms with E-state index in [1.807, 2.05) is 11.9 Å². The molecule has 0 rings (SSSR count). The van der Waals surface area contributed by atoms with Gasteiger partial charge in [-0.1, -0.05) is 6.58 Å². The molecule has 0 aromatic heterocycles. The predicted molar refractivity (Wildman–Crippen MR) is 37.9 cm³/mol. The minimum Gasteiger partial charge on any atom is -0.395 e. The van der Waals surface area contributed by atoms with Gasteiger partial charge < -0.3 is 15.3 Å². The molecule has 0 heterocycles. The molecule has 0 aliphatic rings. The van der Waals surface area contributed by atoms with Crippen molar-refractivity contribution in [2.24, 2.45) is 0 Å². The van der Waals surface area contributed by atoms with E-state index in [0.29, 0.717) is 6.54 Å². The second-order valence-corrected chi connectivity index (χ2v) is 1.84. The van der Waals surface area contributed by atoms with E-state index in [9.17, 15) is 0 Å². The fraction of sp³-hybridized carbons (Fsp3) is 0.667. The molecule has 0 aliphatic carbocycles. The van der Waals surface area contributed by atoms with Gasteiger partial charge in [0.2, 0.25) is 0 Å². The quantitative estimate of drug-likeness (QED) is 0.543. The van der Waals surface area contributed by atoms with Crippen LogP contribution in [0.1, 0.15) is 0 Å². The molecule has 0 saturated carbocycles. The first-order valence-corrected chi connectivity index (χ1v) is 2.91. The standard InChI is InChI=1S/C6H14N2O/c1-6(7-2)8(3)4-5-9/h7,9H,1,4-5H2,2-3H3. The number of nitrogens with zero attached hydrogens (tertiary/aromatic N) is 1. The molecule has 0 aromatic rings. The lowest BCUT2D eigenvalue weighted by molar-refractivity contribution is 0.241. The van der Waals surface area contributed by atoms with Gasteiger partial charge >= 0.3 is 0 Å². The summed E-state index contributed by atoms with van der Waals surface area (Å²) in [5, 5.41) is 11.3. The Balaban J connectivity index is 3.45. The monoisotopic (exact) mass is 130 g/mol. The highest BCUT2D eigenvalue weighted by molar-refractivity contribution is 4.86. The summed E-state index contributed by atoms with van der Waals surface area (Å²) in [6, 6.07) is 0. The first kappa shape index (κ1) is 8.30. The number of likely N-dealkylation sites (N-methyl/N-ethyl adjacent to an activating group) is 1. The van der Waals surface area contributed by atoms with Crippen LogP contribution in [-0.2, 0) is 0 Å². The van der Waals surface area contributed by atoms with E-state index >= 15 is 0 Å². The Morgan fingerprint density at radius 3 is 2.67 bits per heavy atom. The van der Waals surface area contributed by atoms with E-state index in [1.165, 1.54) is 0 Å². The summed E-state index contributed by atoms with van der Waals surface area (Å²) in [6.45, 7) is 4.48. The normalized spacial score (nSPS) is 8.78. The minimum atomic E-state index is 0.164. The van der Waals surface area contributed by atoms with Crippen LogP contribution >= 0.6 is 0 Å². The number of hydrogen-bond acceptors (Lipinski definition) is 3. The molecule has 0 aromatic carbocycles. The molecule has 0 spiro atoms. The van der Waals surface area contributed by atoms with Crippen LogP contribution in [0, 0.1) is 0 Å². The molecule has 0 amide bonds. The Labute approximate surface area is 56.0 Å². The van der Waals surface area contributed by atoms with Crippen molar-refractivity contribution >= 4 is 0 Å². The van der Waals surface area contributed by atoms with E-state index in [1.54, 1.807) is 7.05 Å². The lowest BCUT2D eigenvalue weighted by Gasteiger charge is -2.19. The molecule has 0 saturated heterocycles. The molecule has 3 nitrogen and oxygen atoms in total. The average Bonchev–Trinajstić information content (AvgIpc) is 1.87. The van der Waals surface area contributed by atoms with Gasteiger partial charge in [-0.25, -0.2) is 0 Å². The molecule has 3 heteroatoms. The maximum atomic E-state index is 8.47. The molecule has 0 atom stereocenters. The topological polar surface area (TPSA) is 35.5 Å². The zero-order valence-electron chi connectivity index (χ0n) is 6.02. The number of hydrogen-bond donors (Lipinski definition) is 2. The average molecular weight is 130 g/mol. The van der Waals surface area contributed by atoms with Crippen molar-refractivity contribution in [2.75, 3.05) is 27.2 Å². The van der Waals surface area contributed by atoms with Crippen LogP contribution in [0.2, 0.25) is 0 Å². The van der Waals surface area contributed by atoms with Gasteiger partial charge in [0.1, 0.15) is 0 Å². The fourth-order valence-corrected chi connectivity index (χ4v) is 0.476. The molecule has 54 valence electrons. The molecule has 9 heavy (non-hydrogen) atoms. The van der Waals surface area contributed by atoms with Crippen LogP contribution in [0.25, 0.3) is 0 Å². The van der Waals surface area contributed by atoms with Crippen molar-refractivity contribution in [1.82, 2.24) is 10.2 Å². The van der Waals surface area contributed by atoms with E-state index in [-0.39, 0.29) is 6.61 Å². The van der Waals surface area contributed by atoms with Gasteiger partial charge in [-0.2, -0.15) is 0 Å². The summed E-state index contributed by atoms with van der Waals surface area (Å²) in [4.78, 5) is 1.85. The molecule has 0 fully saturated rings. The summed E-state index contributed by atoms with van der Waals surface area (Å²) in [5.74, 6) is 0.823. The molecule has 2 N–H and O–H groups in total. The third-order valence-electron chi connectivity index (χ3n) is 1.18. The molecular formula is C6H14N2O. The van der Waals surface area contributed by atoms with Crippen LogP contribution in [0.5, 0.6) is 0 Å². The van der Waals surface area contributed by atoms with Crippen LogP contribution < -0.4 is 5.32 Å². The van der Waals surface area contributed by atoms with Crippen molar-refractivity contribution in [3.05, 3.63) is 12.4 Å². The van der Waals surface area contributed by atoms with E-state index in [2.05, 4.69) is 11.9 Å². The largest absolute Gasteiger partial charge is 0.395 e. The summed E-state index contributed by atoms with van der Waals surface area (Å²) >= 11 is 0. The summed E-state index contributed by atoms with van der Waals surface area (Å²) in [5.41, 5.74) is 0. The maximum absolute atomic E-state index is 8.47. The smallest absolute Gasteiger partial charge is 0.0934 e. The SMILES string of the molecule is C=C(NC)N(C)CCO. The molecular weight excluding hydrogens is 116 g/mol. The second kappa shape index (κ2) is 4.21. The Morgan fingerprint density at radius 1 is 1.78 bits per heavy atom. The van der Waals surface area contributed by atoms with E-state index < -0.39 is 0 Å². The van der Waals surface area contributed by atoms with Gasteiger partial charge in [-0.05, 0) is 0 Å². The molecule has 0 radical (unpaired) electrons. The highest BCUT2D eigenvalue weighted by Crippen LogP contribution is 1.89. The maximum Gasteiger partial charge on any atom is 0.0934 e. The third-order valence-corrected chi connectivity index (χ3v) is 1.18. The van der Waals surface area contributed by atoms with Crippen LogP contribution in [0.3, 0.4) is 0 Å². The molecule has 0 bridgehead atoms. The number of rotatable bonds is 4. The summed E-state index contributed by atoms with van der Waals surface area (Å²) in [7, 11) is 3.67. The second-order valence-electron chi connectivity index (χ2n) is 1.84. The van der Waals surface area contributed by atoms with E-state index in [4.69, 9.17) is 5.11 Å². The van der Waals surface area contributed by atoms with Crippen molar-refractivity contribution < 1.29 is 5.11 Å². The lowest BCUT2D eigenvalue weighted by Crippen LogP contribution is -2.27. The van der Waals surface area contributed by atoms with Gasteiger partial charge in [0.15, 0.2) is 0 Å². The number of aliphatic hydroxyl groups is 1. The van der Waals surface area contributed by atoms with E-state index in [0.717, 1.165) is 5.82 Å². The van der Waals surface area contributed by atoms with Gasteiger partial charge in [0.05, 0.1) is 12.4 Å². The Hall–Kier alpha value is -0.700. The highest BCUT2D eigenvalue weighted by atomic mass is 16.3. The van der Waals surface area contributed by atoms with Crippen LogP contribution in [0.4, 0.5) is 0 Å². The van der Waals surface area contributed by atoms with Gasteiger partial charge in [0.25, 0.3) is 0 Å². The third kappa shape index (κ3) is 2.98. The zero-order chi connectivity index (χ0) is 7.28. The summed E-state index contributed by atoms with van der Waals surface area (Å²) in [6.07, 6.45) is 0. The van der Waals surface area contributed by atoms with Crippen molar-refractivity contribution in [3.8, 4) is 0 Å². The Bertz CT molecular complexity index is 93.1. The molecule has 0 aliphatic heterocycles. The van der Waals surface area contributed by atoms with Gasteiger partial charge in [0, 0.05) is 20.6 Å². The molecule has 0 unspecified atom stereocenters. The van der Waals surface area contributed by atoms with Crippen LogP contribution in [0.15, 0.2) is 12.4 Å². The Morgan fingerprint density at radius 2 is 2.33 bits per heavy atom. The van der Waals surface area contributed by atoms with Gasteiger partial charge in [-0.3, -0.25) is 0 Å². The minimum absolute atomic E-state index is 0.164. The van der Waals surface area contributed by atoms with Crippen molar-refractivity contribution in [2.45, 2.75) is 0 Å². The Kier molecular flexibility index (Phi) is 3.88. The first-order valence-electron chi connectivity index (χ1n) is 2.91. The number of nitrogens with one attached hydrogen (secondary N) is 1. The summed E-state index contributed by atoms with van der Waals surface area (Å²) < 4.78 is 0. The first-order chi connectivity index (χ1) is 4.22. The zero-order valence-corrected chi connectivity index (χ0v) is 6.02. The van der Waals surface area contributed by atoms with Crippen LogP contribution in [-0.4, -0.2) is 37.3 Å². The van der Waals surface area contributed by atoms with Gasteiger partial charge in [-0.15, -0.1) is 0 Å². The number of aliphatic hydroxyl groups excluding tert-OH is 1. The predicted octanol–water partition coefficient (Wildman–Crippen LogP) is -0.399. The van der Waals surface area contributed by atoms with Crippen molar-refractivity contribution in [1.29, 1.82) is 0 Å².